The molecule has 0 aliphatic heterocycles. The molecule has 0 saturated heterocycles. The van der Waals surface area contributed by atoms with Gasteiger partial charge in [-0.05, 0) is 80.1 Å². The van der Waals surface area contributed by atoms with Gasteiger partial charge in [0.25, 0.3) is 0 Å². The molecule has 0 amide bonds. The van der Waals surface area contributed by atoms with E-state index >= 15 is 0 Å². The first-order valence-corrected chi connectivity index (χ1v) is 10.5. The Hall–Kier alpha value is -2.73. The molecule has 1 heterocycles. The quantitative estimate of drug-likeness (QED) is 0.594. The highest BCUT2D eigenvalue weighted by Crippen LogP contribution is 2.36. The number of aromatic nitrogens is 1. The summed E-state index contributed by atoms with van der Waals surface area (Å²) in [5.41, 5.74) is 3.78. The summed E-state index contributed by atoms with van der Waals surface area (Å²) in [6.07, 6.45) is 3.55. The van der Waals surface area contributed by atoms with Crippen LogP contribution in [0.3, 0.4) is 0 Å². The average Bonchev–Trinajstić information content (AvgIpc) is 3.02. The van der Waals surface area contributed by atoms with Gasteiger partial charge in [0.05, 0.1) is 0 Å². The van der Waals surface area contributed by atoms with Crippen LogP contribution in [0.25, 0.3) is 10.9 Å². The largest absolute Gasteiger partial charge is 0.480 e. The third-order valence-corrected chi connectivity index (χ3v) is 6.08. The van der Waals surface area contributed by atoms with Gasteiger partial charge in [0.15, 0.2) is 0 Å². The van der Waals surface area contributed by atoms with Crippen molar-refractivity contribution in [3.05, 3.63) is 70.9 Å². The number of fused-ring (bicyclic) bond motifs is 3. The molecule has 2 N–H and O–H groups in total. The molecule has 158 valence electrons. The molecule has 0 spiro atoms. The van der Waals surface area contributed by atoms with Crippen molar-refractivity contribution in [2.24, 2.45) is 0 Å². The molecule has 0 fully saturated rings. The number of benzene rings is 2. The molecule has 0 bridgehead atoms. The number of carboxylic acids is 1. The van der Waals surface area contributed by atoms with Gasteiger partial charge < -0.3 is 15.0 Å². The third-order valence-electron chi connectivity index (χ3n) is 6.08. The van der Waals surface area contributed by atoms with Gasteiger partial charge in [-0.3, -0.25) is 0 Å². The molecule has 6 heteroatoms. The van der Waals surface area contributed by atoms with Crippen molar-refractivity contribution in [3.8, 4) is 0 Å². The third kappa shape index (κ3) is 3.97. The molecule has 4 nitrogen and oxygen atoms in total. The van der Waals surface area contributed by atoms with E-state index in [-0.39, 0.29) is 17.7 Å². The maximum atomic E-state index is 14.0. The van der Waals surface area contributed by atoms with Gasteiger partial charge in [0.2, 0.25) is 0 Å². The van der Waals surface area contributed by atoms with E-state index in [4.69, 9.17) is 0 Å². The lowest BCUT2D eigenvalue weighted by Crippen LogP contribution is -2.36. The van der Waals surface area contributed by atoms with Crippen LogP contribution in [0.15, 0.2) is 42.5 Å². The standard InChI is InChI=1S/C24H26F2N2O2/c1-2-21(24(29)30)28-22-8-6-17(26)13-19(22)20-14-18(7-9-23(20)28)27-11-10-15-4-3-5-16(25)12-15/h3-6,8,12-13,18,21,27H,2,7,9-11,14H2,1H3,(H,29,30)/t18-,21?/m0/s1. The number of halogens is 2. The van der Waals surface area contributed by atoms with Gasteiger partial charge in [-0.2, -0.15) is 0 Å². The summed E-state index contributed by atoms with van der Waals surface area (Å²) < 4.78 is 29.3. The van der Waals surface area contributed by atoms with Crippen LogP contribution < -0.4 is 5.32 Å². The second-order valence-electron chi connectivity index (χ2n) is 7.99. The predicted octanol–water partition coefficient (Wildman–Crippen LogP) is 4.64. The fraction of sp³-hybridized carbons (Fsp3) is 0.375. The summed E-state index contributed by atoms with van der Waals surface area (Å²) in [7, 11) is 0. The molecule has 2 aromatic carbocycles. The minimum absolute atomic E-state index is 0.221. The summed E-state index contributed by atoms with van der Waals surface area (Å²) in [5, 5.41) is 14.1. The zero-order valence-corrected chi connectivity index (χ0v) is 17.0. The summed E-state index contributed by atoms with van der Waals surface area (Å²) in [6.45, 7) is 2.59. The first-order chi connectivity index (χ1) is 14.5. The molecule has 1 aliphatic rings. The minimum Gasteiger partial charge on any atom is -0.480 e. The van der Waals surface area contributed by atoms with E-state index in [0.29, 0.717) is 6.42 Å². The van der Waals surface area contributed by atoms with E-state index in [1.54, 1.807) is 18.2 Å². The number of hydrogen-bond donors (Lipinski definition) is 2. The van der Waals surface area contributed by atoms with Gasteiger partial charge in [-0.15, -0.1) is 0 Å². The van der Waals surface area contributed by atoms with Crippen molar-refractivity contribution in [3.63, 3.8) is 0 Å². The molecule has 4 rings (SSSR count). The summed E-state index contributed by atoms with van der Waals surface area (Å²) in [5.74, 6) is -1.41. The molecule has 30 heavy (non-hydrogen) atoms. The van der Waals surface area contributed by atoms with E-state index in [1.807, 2.05) is 17.6 Å². The van der Waals surface area contributed by atoms with E-state index in [1.165, 1.54) is 18.2 Å². The zero-order chi connectivity index (χ0) is 21.3. The Labute approximate surface area is 174 Å². The van der Waals surface area contributed by atoms with E-state index in [9.17, 15) is 18.7 Å². The Morgan fingerprint density at radius 3 is 2.77 bits per heavy atom. The molecular formula is C24H26F2N2O2. The van der Waals surface area contributed by atoms with E-state index in [0.717, 1.165) is 60.0 Å². The average molecular weight is 412 g/mol. The van der Waals surface area contributed by atoms with Crippen LogP contribution >= 0.6 is 0 Å². The van der Waals surface area contributed by atoms with Crippen molar-refractivity contribution in [1.82, 2.24) is 9.88 Å². The number of nitrogens with one attached hydrogen (secondary N) is 1. The Bertz CT molecular complexity index is 1080. The topological polar surface area (TPSA) is 54.3 Å². The highest BCUT2D eigenvalue weighted by atomic mass is 19.1. The lowest BCUT2D eigenvalue weighted by Gasteiger charge is -2.26. The lowest BCUT2D eigenvalue weighted by atomic mass is 9.91. The Morgan fingerprint density at radius 1 is 1.23 bits per heavy atom. The second kappa shape index (κ2) is 8.56. The van der Waals surface area contributed by atoms with Crippen LogP contribution in [0.5, 0.6) is 0 Å². The smallest absolute Gasteiger partial charge is 0.326 e. The number of nitrogens with zero attached hydrogens (tertiary/aromatic N) is 1. The maximum absolute atomic E-state index is 14.0. The molecule has 1 unspecified atom stereocenters. The molecule has 0 radical (unpaired) electrons. The van der Waals surface area contributed by atoms with Gasteiger partial charge >= 0.3 is 5.97 Å². The first kappa shape index (κ1) is 20.5. The highest BCUT2D eigenvalue weighted by Gasteiger charge is 2.30. The Balaban J connectivity index is 1.57. The zero-order valence-electron chi connectivity index (χ0n) is 17.0. The number of rotatable bonds is 7. The maximum Gasteiger partial charge on any atom is 0.326 e. The van der Waals surface area contributed by atoms with Crippen molar-refractivity contribution in [2.75, 3.05) is 6.54 Å². The van der Waals surface area contributed by atoms with Crippen molar-refractivity contribution >= 4 is 16.9 Å². The van der Waals surface area contributed by atoms with Crippen LogP contribution in [0, 0.1) is 11.6 Å². The van der Waals surface area contributed by atoms with Crippen molar-refractivity contribution in [1.29, 1.82) is 0 Å². The fourth-order valence-electron chi connectivity index (χ4n) is 4.68. The summed E-state index contributed by atoms with van der Waals surface area (Å²) in [6, 6.07) is 10.8. The van der Waals surface area contributed by atoms with Crippen LogP contribution in [0.4, 0.5) is 8.78 Å². The minimum atomic E-state index is -0.864. The fourth-order valence-corrected chi connectivity index (χ4v) is 4.68. The van der Waals surface area contributed by atoms with Crippen molar-refractivity contribution in [2.45, 2.75) is 51.1 Å². The van der Waals surface area contributed by atoms with E-state index in [2.05, 4.69) is 5.32 Å². The van der Waals surface area contributed by atoms with Gasteiger partial charge in [-0.1, -0.05) is 19.1 Å². The second-order valence-corrected chi connectivity index (χ2v) is 7.99. The molecule has 1 aliphatic carbocycles. The number of aliphatic carboxylic acids is 1. The molecule has 2 atom stereocenters. The number of carbonyl (C=O) groups is 1. The van der Waals surface area contributed by atoms with Crippen LogP contribution in [0.1, 0.15) is 42.6 Å². The normalized spacial score (nSPS) is 17.1. The lowest BCUT2D eigenvalue weighted by molar-refractivity contribution is -0.140. The predicted molar refractivity (Wildman–Crippen MR) is 113 cm³/mol. The number of hydrogen-bond acceptors (Lipinski definition) is 2. The summed E-state index contributed by atoms with van der Waals surface area (Å²) in [4.78, 5) is 11.9. The van der Waals surface area contributed by atoms with Crippen LogP contribution in [0.2, 0.25) is 0 Å². The Kier molecular flexibility index (Phi) is 5.86. The highest BCUT2D eigenvalue weighted by molar-refractivity contribution is 5.88. The van der Waals surface area contributed by atoms with Crippen LogP contribution in [-0.4, -0.2) is 28.2 Å². The van der Waals surface area contributed by atoms with E-state index < -0.39 is 12.0 Å². The van der Waals surface area contributed by atoms with Gasteiger partial charge in [0.1, 0.15) is 17.7 Å². The van der Waals surface area contributed by atoms with Crippen molar-refractivity contribution < 1.29 is 18.7 Å². The molecular weight excluding hydrogens is 386 g/mol. The SMILES string of the molecule is CCC(C(=O)O)n1c2c(c3cc(F)ccc31)C[C@@H](NCCc1cccc(F)c1)CC2. The monoisotopic (exact) mass is 412 g/mol. The van der Waals surface area contributed by atoms with Gasteiger partial charge in [0, 0.05) is 22.6 Å². The summed E-state index contributed by atoms with van der Waals surface area (Å²) >= 11 is 0. The molecule has 3 aromatic rings. The molecule has 1 aromatic heterocycles. The van der Waals surface area contributed by atoms with Crippen LogP contribution in [-0.2, 0) is 24.1 Å². The first-order valence-electron chi connectivity index (χ1n) is 10.5. The molecule has 0 saturated carbocycles. The van der Waals surface area contributed by atoms with Gasteiger partial charge in [-0.25, -0.2) is 13.6 Å². The Morgan fingerprint density at radius 2 is 2.03 bits per heavy atom. The number of carboxylic acid groups (broad SMARTS) is 1.